The molecule has 0 aliphatic rings. The summed E-state index contributed by atoms with van der Waals surface area (Å²) in [6, 6.07) is 5.32. The molecule has 0 atom stereocenters. The number of hydrogen-bond acceptors (Lipinski definition) is 3. The monoisotopic (exact) mass is 280 g/mol. The summed E-state index contributed by atoms with van der Waals surface area (Å²) >= 11 is 3.16. The fourth-order valence-corrected chi connectivity index (χ4v) is 1.65. The predicted octanol–water partition coefficient (Wildman–Crippen LogP) is 2.37. The van der Waals surface area contributed by atoms with E-state index in [1.807, 2.05) is 12.1 Å². The summed E-state index contributed by atoms with van der Waals surface area (Å²) < 4.78 is 5.43. The van der Waals surface area contributed by atoms with E-state index in [-0.39, 0.29) is 5.91 Å². The third kappa shape index (κ3) is 2.49. The van der Waals surface area contributed by atoms with Crippen molar-refractivity contribution in [3.63, 3.8) is 0 Å². The summed E-state index contributed by atoms with van der Waals surface area (Å²) in [6.07, 6.45) is 4.84. The Balaban J connectivity index is 1.97. The van der Waals surface area contributed by atoms with Gasteiger partial charge in [0.15, 0.2) is 4.67 Å². The smallest absolute Gasteiger partial charge is 0.256 e. The van der Waals surface area contributed by atoms with Crippen molar-refractivity contribution in [2.45, 2.75) is 6.54 Å². The fraction of sp³-hybridized carbons (Fsp3) is 0.0909. The van der Waals surface area contributed by atoms with Crippen LogP contribution in [0.5, 0.6) is 0 Å². The number of pyridine rings is 1. The van der Waals surface area contributed by atoms with Crippen LogP contribution in [-0.2, 0) is 6.54 Å². The highest BCUT2D eigenvalue weighted by molar-refractivity contribution is 9.10. The lowest BCUT2D eigenvalue weighted by molar-refractivity contribution is 0.0949. The fourth-order valence-electron chi connectivity index (χ4n) is 1.23. The second kappa shape index (κ2) is 4.94. The van der Waals surface area contributed by atoms with Crippen LogP contribution in [0.2, 0.25) is 0 Å². The molecule has 5 heteroatoms. The summed E-state index contributed by atoms with van der Waals surface area (Å²) in [6.45, 7) is 0.471. The molecule has 1 amide bonds. The van der Waals surface area contributed by atoms with Gasteiger partial charge in [0.05, 0.1) is 11.8 Å². The Hall–Kier alpha value is -1.62. The van der Waals surface area contributed by atoms with Gasteiger partial charge in [-0.25, -0.2) is 0 Å². The van der Waals surface area contributed by atoms with Gasteiger partial charge in [0.2, 0.25) is 0 Å². The lowest BCUT2D eigenvalue weighted by Crippen LogP contribution is -2.22. The van der Waals surface area contributed by atoms with Gasteiger partial charge in [0.25, 0.3) is 5.91 Å². The highest BCUT2D eigenvalue weighted by Crippen LogP contribution is 2.17. The van der Waals surface area contributed by atoms with Crippen LogP contribution in [0.1, 0.15) is 15.9 Å². The predicted molar refractivity (Wildman–Crippen MR) is 61.8 cm³/mol. The number of furan rings is 1. The van der Waals surface area contributed by atoms with E-state index in [0.717, 1.165) is 5.56 Å². The average molecular weight is 281 g/mol. The minimum Gasteiger partial charge on any atom is -0.457 e. The minimum absolute atomic E-state index is 0.169. The largest absolute Gasteiger partial charge is 0.457 e. The summed E-state index contributed by atoms with van der Waals surface area (Å²) in [5.41, 5.74) is 1.50. The maximum Gasteiger partial charge on any atom is 0.256 e. The molecule has 0 aliphatic carbocycles. The van der Waals surface area contributed by atoms with Gasteiger partial charge in [0.1, 0.15) is 0 Å². The highest BCUT2D eigenvalue weighted by Gasteiger charge is 2.11. The number of hydrogen-bond donors (Lipinski definition) is 1. The van der Waals surface area contributed by atoms with Crippen molar-refractivity contribution in [2.24, 2.45) is 0 Å². The number of carbonyl (C=O) groups is 1. The second-order valence-electron chi connectivity index (χ2n) is 3.15. The van der Waals surface area contributed by atoms with Crippen molar-refractivity contribution in [2.75, 3.05) is 0 Å². The molecule has 0 aromatic carbocycles. The van der Waals surface area contributed by atoms with Crippen LogP contribution in [-0.4, -0.2) is 10.9 Å². The molecule has 16 heavy (non-hydrogen) atoms. The van der Waals surface area contributed by atoms with Gasteiger partial charge in [-0.1, -0.05) is 0 Å². The van der Waals surface area contributed by atoms with Gasteiger partial charge in [0, 0.05) is 18.9 Å². The molecular formula is C11H9BrN2O2. The van der Waals surface area contributed by atoms with Gasteiger partial charge >= 0.3 is 0 Å². The number of aromatic nitrogens is 1. The zero-order chi connectivity index (χ0) is 11.4. The Morgan fingerprint density at radius 2 is 2.12 bits per heavy atom. The molecule has 0 aliphatic heterocycles. The number of rotatable bonds is 3. The molecule has 4 nitrogen and oxygen atoms in total. The molecule has 0 saturated carbocycles. The van der Waals surface area contributed by atoms with E-state index in [1.54, 1.807) is 18.5 Å². The second-order valence-corrected chi connectivity index (χ2v) is 3.87. The number of carbonyl (C=O) groups excluding carboxylic acids is 1. The zero-order valence-corrected chi connectivity index (χ0v) is 9.90. The average Bonchev–Trinajstić information content (AvgIpc) is 2.74. The molecule has 2 heterocycles. The summed E-state index contributed by atoms with van der Waals surface area (Å²) in [5, 5.41) is 2.79. The summed E-state index contributed by atoms with van der Waals surface area (Å²) in [7, 11) is 0. The Morgan fingerprint density at radius 3 is 2.75 bits per heavy atom. The van der Waals surface area contributed by atoms with Crippen molar-refractivity contribution < 1.29 is 9.21 Å². The third-order valence-corrected chi connectivity index (χ3v) is 2.68. The standard InChI is InChI=1S/C11H9BrN2O2/c12-10-9(3-6-16-10)11(15)14-7-8-1-4-13-5-2-8/h1-6H,7H2,(H,14,15). The molecule has 0 bridgehead atoms. The van der Waals surface area contributed by atoms with Crippen LogP contribution in [0.3, 0.4) is 0 Å². The quantitative estimate of drug-likeness (QED) is 0.939. The van der Waals surface area contributed by atoms with Crippen LogP contribution >= 0.6 is 15.9 Å². The van der Waals surface area contributed by atoms with Gasteiger partial charge in [-0.3, -0.25) is 9.78 Å². The Labute approximate surface area is 101 Å². The van der Waals surface area contributed by atoms with Gasteiger partial charge in [-0.15, -0.1) is 0 Å². The van der Waals surface area contributed by atoms with E-state index in [2.05, 4.69) is 26.2 Å². The molecule has 2 aromatic heterocycles. The van der Waals surface area contributed by atoms with Gasteiger partial charge in [-0.05, 0) is 39.7 Å². The first-order valence-corrected chi connectivity index (χ1v) is 5.47. The van der Waals surface area contributed by atoms with E-state index in [0.29, 0.717) is 16.8 Å². The molecule has 0 radical (unpaired) electrons. The maximum atomic E-state index is 11.7. The minimum atomic E-state index is -0.169. The molecule has 0 spiro atoms. The molecular weight excluding hydrogens is 272 g/mol. The van der Waals surface area contributed by atoms with E-state index >= 15 is 0 Å². The van der Waals surface area contributed by atoms with Crippen molar-refractivity contribution in [1.29, 1.82) is 0 Å². The van der Waals surface area contributed by atoms with Crippen LogP contribution in [0, 0.1) is 0 Å². The number of halogens is 1. The zero-order valence-electron chi connectivity index (χ0n) is 8.31. The van der Waals surface area contributed by atoms with Gasteiger partial charge in [-0.2, -0.15) is 0 Å². The molecule has 0 unspecified atom stereocenters. The lowest BCUT2D eigenvalue weighted by atomic mass is 10.2. The normalized spacial score (nSPS) is 10.1. The van der Waals surface area contributed by atoms with Crippen molar-refractivity contribution in [1.82, 2.24) is 10.3 Å². The first-order chi connectivity index (χ1) is 7.77. The molecule has 82 valence electrons. The highest BCUT2D eigenvalue weighted by atomic mass is 79.9. The van der Waals surface area contributed by atoms with Crippen LogP contribution < -0.4 is 5.32 Å². The SMILES string of the molecule is O=C(NCc1ccncc1)c1ccoc1Br. The Bertz CT molecular complexity index is 482. The van der Waals surface area contributed by atoms with Crippen LogP contribution in [0.15, 0.2) is 45.9 Å². The van der Waals surface area contributed by atoms with E-state index < -0.39 is 0 Å². The molecule has 2 rings (SSSR count). The maximum absolute atomic E-state index is 11.7. The van der Waals surface area contributed by atoms with Crippen LogP contribution in [0.25, 0.3) is 0 Å². The lowest BCUT2D eigenvalue weighted by Gasteiger charge is -2.03. The first-order valence-electron chi connectivity index (χ1n) is 4.67. The van der Waals surface area contributed by atoms with E-state index in [9.17, 15) is 4.79 Å². The third-order valence-electron chi connectivity index (χ3n) is 2.07. The Morgan fingerprint density at radius 1 is 1.38 bits per heavy atom. The van der Waals surface area contributed by atoms with Gasteiger partial charge < -0.3 is 9.73 Å². The number of nitrogens with zero attached hydrogens (tertiary/aromatic N) is 1. The number of amides is 1. The number of nitrogens with one attached hydrogen (secondary N) is 1. The molecule has 2 aromatic rings. The van der Waals surface area contributed by atoms with Crippen LogP contribution in [0.4, 0.5) is 0 Å². The summed E-state index contributed by atoms with van der Waals surface area (Å²) in [5.74, 6) is -0.169. The molecule has 0 fully saturated rings. The first kappa shape index (κ1) is 10.9. The molecule has 0 saturated heterocycles. The Kier molecular flexibility index (Phi) is 3.36. The van der Waals surface area contributed by atoms with Crippen molar-refractivity contribution >= 4 is 21.8 Å². The topological polar surface area (TPSA) is 55.1 Å². The van der Waals surface area contributed by atoms with Crippen molar-refractivity contribution in [3.8, 4) is 0 Å². The van der Waals surface area contributed by atoms with E-state index in [4.69, 9.17) is 4.42 Å². The van der Waals surface area contributed by atoms with Crippen molar-refractivity contribution in [3.05, 3.63) is 52.7 Å². The summed E-state index contributed by atoms with van der Waals surface area (Å²) in [4.78, 5) is 15.6. The molecule has 1 N–H and O–H groups in total. The van der Waals surface area contributed by atoms with E-state index in [1.165, 1.54) is 6.26 Å².